The normalized spacial score (nSPS) is 11.7. The fourth-order valence-corrected chi connectivity index (χ4v) is 2.92. The van der Waals surface area contributed by atoms with Crippen molar-refractivity contribution in [2.45, 2.75) is 40.8 Å². The number of aryl methyl sites for hydroxylation is 2. The van der Waals surface area contributed by atoms with Crippen LogP contribution < -0.4 is 0 Å². The van der Waals surface area contributed by atoms with Crippen LogP contribution in [-0.4, -0.2) is 9.67 Å². The number of rotatable bonds is 3. The summed E-state index contributed by atoms with van der Waals surface area (Å²) in [5, 5.41) is 11.3. The molecule has 0 saturated carbocycles. The van der Waals surface area contributed by atoms with E-state index in [1.165, 1.54) is 11.1 Å². The van der Waals surface area contributed by atoms with Crippen molar-refractivity contribution in [3.05, 3.63) is 34.0 Å². The molecule has 0 aliphatic heterocycles. The third-order valence-electron chi connectivity index (χ3n) is 3.24. The molecule has 0 atom stereocenters. The maximum absolute atomic E-state index is 9.56. The lowest BCUT2D eigenvalue weighted by molar-refractivity contribution is 0.283. The monoisotopic (exact) mass is 265 g/mol. The summed E-state index contributed by atoms with van der Waals surface area (Å²) < 4.78 is 2.12. The predicted octanol–water partition coefficient (Wildman–Crippen LogP) is 4.06. The molecular formula is C15H20ClNO. The Balaban J connectivity index is 2.80. The highest BCUT2D eigenvalue weighted by Gasteiger charge is 2.17. The summed E-state index contributed by atoms with van der Waals surface area (Å²) in [6, 6.07) is 4.29. The van der Waals surface area contributed by atoms with Crippen LogP contribution in [-0.2, 0) is 13.2 Å². The van der Waals surface area contributed by atoms with E-state index in [-0.39, 0.29) is 6.61 Å². The number of halogens is 1. The molecule has 0 bridgehead atoms. The average Bonchev–Trinajstić information content (AvgIpc) is 2.52. The second-order valence-electron chi connectivity index (χ2n) is 5.41. The minimum atomic E-state index is -0.00959. The molecule has 0 saturated heterocycles. The molecule has 0 fully saturated rings. The van der Waals surface area contributed by atoms with Crippen molar-refractivity contribution in [2.75, 3.05) is 0 Å². The topological polar surface area (TPSA) is 25.2 Å². The Labute approximate surface area is 113 Å². The van der Waals surface area contributed by atoms with Crippen molar-refractivity contribution in [1.29, 1.82) is 0 Å². The summed E-state index contributed by atoms with van der Waals surface area (Å²) in [5.41, 5.74) is 4.39. The van der Waals surface area contributed by atoms with Gasteiger partial charge in [-0.05, 0) is 37.0 Å². The Bertz CT molecular complexity index is 584. The van der Waals surface area contributed by atoms with Gasteiger partial charge in [-0.2, -0.15) is 0 Å². The lowest BCUT2D eigenvalue weighted by atomic mass is 10.0. The Kier molecular flexibility index (Phi) is 3.69. The first-order valence-corrected chi connectivity index (χ1v) is 6.72. The van der Waals surface area contributed by atoms with Crippen LogP contribution in [0, 0.1) is 19.8 Å². The molecule has 1 N–H and O–H groups in total. The highest BCUT2D eigenvalue weighted by atomic mass is 35.5. The van der Waals surface area contributed by atoms with Crippen molar-refractivity contribution in [3.63, 3.8) is 0 Å². The second-order valence-corrected chi connectivity index (χ2v) is 5.77. The molecular weight excluding hydrogens is 246 g/mol. The molecule has 3 heteroatoms. The largest absolute Gasteiger partial charge is 0.392 e. The van der Waals surface area contributed by atoms with Crippen molar-refractivity contribution >= 4 is 22.5 Å². The minimum Gasteiger partial charge on any atom is -0.392 e. The van der Waals surface area contributed by atoms with Crippen LogP contribution in [0.2, 0.25) is 5.15 Å². The van der Waals surface area contributed by atoms with E-state index >= 15 is 0 Å². The van der Waals surface area contributed by atoms with E-state index in [0.717, 1.165) is 23.0 Å². The molecule has 0 amide bonds. The molecule has 0 spiro atoms. The van der Waals surface area contributed by atoms with Gasteiger partial charge in [-0.15, -0.1) is 0 Å². The van der Waals surface area contributed by atoms with Gasteiger partial charge in [0.2, 0.25) is 0 Å². The predicted molar refractivity (Wildman–Crippen MR) is 77.2 cm³/mol. The van der Waals surface area contributed by atoms with Gasteiger partial charge in [-0.3, -0.25) is 0 Å². The number of fused-ring (bicyclic) bond motifs is 1. The van der Waals surface area contributed by atoms with E-state index in [4.69, 9.17) is 11.6 Å². The van der Waals surface area contributed by atoms with Gasteiger partial charge < -0.3 is 9.67 Å². The minimum absolute atomic E-state index is 0.00959. The Morgan fingerprint density at radius 3 is 2.50 bits per heavy atom. The van der Waals surface area contributed by atoms with E-state index in [0.29, 0.717) is 11.1 Å². The van der Waals surface area contributed by atoms with Crippen LogP contribution in [0.1, 0.15) is 30.5 Å². The summed E-state index contributed by atoms with van der Waals surface area (Å²) in [5.74, 6) is 0.519. The third kappa shape index (κ3) is 2.15. The summed E-state index contributed by atoms with van der Waals surface area (Å²) in [7, 11) is 0. The van der Waals surface area contributed by atoms with Gasteiger partial charge in [0.15, 0.2) is 0 Å². The van der Waals surface area contributed by atoms with Crippen LogP contribution in [0.3, 0.4) is 0 Å². The van der Waals surface area contributed by atoms with Crippen molar-refractivity contribution in [2.24, 2.45) is 5.92 Å². The fourth-order valence-electron chi connectivity index (χ4n) is 2.61. The summed E-state index contributed by atoms with van der Waals surface area (Å²) in [6.07, 6.45) is 0. The van der Waals surface area contributed by atoms with Crippen LogP contribution in [0.25, 0.3) is 10.9 Å². The third-order valence-corrected chi connectivity index (χ3v) is 3.68. The number of hydrogen-bond donors (Lipinski definition) is 1. The van der Waals surface area contributed by atoms with E-state index in [1.807, 2.05) is 0 Å². The number of nitrogens with zero attached hydrogens (tertiary/aromatic N) is 1. The highest BCUT2D eigenvalue weighted by molar-refractivity contribution is 6.32. The zero-order chi connectivity index (χ0) is 13.4. The van der Waals surface area contributed by atoms with Gasteiger partial charge in [0, 0.05) is 17.5 Å². The quantitative estimate of drug-likeness (QED) is 0.890. The fraction of sp³-hybridized carbons (Fsp3) is 0.467. The first-order valence-electron chi connectivity index (χ1n) is 6.34. The van der Waals surface area contributed by atoms with E-state index in [9.17, 15) is 5.11 Å². The lowest BCUT2D eigenvalue weighted by Crippen LogP contribution is -2.04. The van der Waals surface area contributed by atoms with E-state index < -0.39 is 0 Å². The maximum Gasteiger partial charge on any atom is 0.115 e. The first kappa shape index (κ1) is 13.4. The van der Waals surface area contributed by atoms with E-state index in [2.05, 4.69) is 44.4 Å². The highest BCUT2D eigenvalue weighted by Crippen LogP contribution is 2.33. The van der Waals surface area contributed by atoms with Crippen LogP contribution in [0.15, 0.2) is 12.1 Å². The van der Waals surface area contributed by atoms with Gasteiger partial charge in [-0.1, -0.05) is 31.5 Å². The van der Waals surface area contributed by atoms with Gasteiger partial charge in [0.1, 0.15) is 5.15 Å². The summed E-state index contributed by atoms with van der Waals surface area (Å²) >= 11 is 6.42. The molecule has 98 valence electrons. The molecule has 2 rings (SSSR count). The standard InChI is InChI=1S/C15H20ClNO/c1-9(2)7-17-13-6-10(3)5-11(4)14(13)12(8-18)15(17)16/h5-6,9,18H,7-8H2,1-4H3. The van der Waals surface area contributed by atoms with Gasteiger partial charge in [0.25, 0.3) is 0 Å². The average molecular weight is 266 g/mol. The zero-order valence-corrected chi connectivity index (χ0v) is 12.2. The van der Waals surface area contributed by atoms with Crippen molar-refractivity contribution in [1.82, 2.24) is 4.57 Å². The molecule has 2 nitrogen and oxygen atoms in total. The summed E-state index contributed by atoms with van der Waals surface area (Å²) in [4.78, 5) is 0. The lowest BCUT2D eigenvalue weighted by Gasteiger charge is -2.10. The maximum atomic E-state index is 9.56. The van der Waals surface area contributed by atoms with Gasteiger partial charge >= 0.3 is 0 Å². The number of aliphatic hydroxyl groups excluding tert-OH is 1. The van der Waals surface area contributed by atoms with Crippen LogP contribution in [0.5, 0.6) is 0 Å². The Morgan fingerprint density at radius 1 is 1.28 bits per heavy atom. The molecule has 1 aromatic carbocycles. The molecule has 18 heavy (non-hydrogen) atoms. The van der Waals surface area contributed by atoms with Gasteiger partial charge in [-0.25, -0.2) is 0 Å². The molecule has 0 aliphatic rings. The van der Waals surface area contributed by atoms with Crippen molar-refractivity contribution < 1.29 is 5.11 Å². The van der Waals surface area contributed by atoms with Crippen LogP contribution >= 0.6 is 11.6 Å². The first-order chi connectivity index (χ1) is 8.45. The molecule has 0 unspecified atom stereocenters. The Hall–Kier alpha value is -0.990. The van der Waals surface area contributed by atoms with E-state index in [1.54, 1.807) is 0 Å². The molecule has 1 heterocycles. The number of hydrogen-bond acceptors (Lipinski definition) is 1. The summed E-state index contributed by atoms with van der Waals surface area (Å²) in [6.45, 7) is 9.37. The smallest absolute Gasteiger partial charge is 0.115 e. The zero-order valence-electron chi connectivity index (χ0n) is 11.4. The van der Waals surface area contributed by atoms with Crippen molar-refractivity contribution in [3.8, 4) is 0 Å². The molecule has 0 radical (unpaired) electrons. The number of benzene rings is 1. The number of aliphatic hydroxyl groups is 1. The SMILES string of the molecule is Cc1cc(C)c2c(CO)c(Cl)n(CC(C)C)c2c1. The number of aromatic nitrogens is 1. The molecule has 1 aromatic heterocycles. The Morgan fingerprint density at radius 2 is 1.94 bits per heavy atom. The van der Waals surface area contributed by atoms with Gasteiger partial charge in [0.05, 0.1) is 12.1 Å². The second kappa shape index (κ2) is 4.94. The van der Waals surface area contributed by atoms with Crippen LogP contribution in [0.4, 0.5) is 0 Å². The molecule has 0 aliphatic carbocycles. The molecule has 2 aromatic rings.